The van der Waals surface area contributed by atoms with E-state index in [0.717, 1.165) is 36.1 Å². The highest BCUT2D eigenvalue weighted by Gasteiger charge is 2.37. The molecular weight excluding hydrogens is 360 g/mol. The number of amides is 1. The fourth-order valence-electron chi connectivity index (χ4n) is 3.82. The van der Waals surface area contributed by atoms with E-state index in [-0.39, 0.29) is 29.3 Å². The van der Waals surface area contributed by atoms with Crippen molar-refractivity contribution >= 4 is 21.6 Å². The second-order valence-corrected chi connectivity index (χ2v) is 9.26. The number of anilines is 1. The van der Waals surface area contributed by atoms with Crippen LogP contribution in [0.4, 0.5) is 5.69 Å². The lowest BCUT2D eigenvalue weighted by atomic mass is 9.84. The van der Waals surface area contributed by atoms with Gasteiger partial charge in [0, 0.05) is 24.2 Å². The molecule has 2 aromatic carbocycles. The molecule has 1 fully saturated rings. The van der Waals surface area contributed by atoms with Crippen molar-refractivity contribution in [3.8, 4) is 0 Å². The number of hydrogen-bond donors (Lipinski definition) is 1. The lowest BCUT2D eigenvalue weighted by molar-refractivity contribution is -0.125. The smallest absolute Gasteiger partial charge is 0.240 e. The van der Waals surface area contributed by atoms with Crippen molar-refractivity contribution in [2.75, 3.05) is 4.90 Å². The van der Waals surface area contributed by atoms with Crippen molar-refractivity contribution < 1.29 is 13.2 Å². The molecule has 0 unspecified atom stereocenters. The summed E-state index contributed by atoms with van der Waals surface area (Å²) >= 11 is 0. The van der Waals surface area contributed by atoms with E-state index in [9.17, 15) is 13.2 Å². The number of rotatable bonds is 5. The third-order valence-electron chi connectivity index (χ3n) is 5.58. The largest absolute Gasteiger partial charge is 0.309 e. The molecule has 4 rings (SSSR count). The maximum Gasteiger partial charge on any atom is 0.240 e. The second-order valence-electron chi connectivity index (χ2n) is 7.49. The second kappa shape index (κ2) is 7.09. The summed E-state index contributed by atoms with van der Waals surface area (Å²) in [6, 6.07) is 14.6. The number of fused-ring (bicyclic) bond motifs is 1. The zero-order valence-corrected chi connectivity index (χ0v) is 16.2. The Bertz CT molecular complexity index is 953. The van der Waals surface area contributed by atoms with E-state index in [1.165, 1.54) is 0 Å². The van der Waals surface area contributed by atoms with Gasteiger partial charge in [0.1, 0.15) is 0 Å². The van der Waals surface area contributed by atoms with Crippen LogP contribution in [0.15, 0.2) is 53.4 Å². The number of carbonyl (C=O) groups excluding carboxylic acids is 1. The molecule has 0 radical (unpaired) electrons. The molecular formula is C21H24N2O3S. The molecule has 1 atom stereocenters. The van der Waals surface area contributed by atoms with E-state index in [4.69, 9.17) is 0 Å². The summed E-state index contributed by atoms with van der Waals surface area (Å²) in [5.74, 6) is 0.319. The van der Waals surface area contributed by atoms with Crippen LogP contribution >= 0.6 is 0 Å². The Morgan fingerprint density at radius 1 is 1.15 bits per heavy atom. The summed E-state index contributed by atoms with van der Waals surface area (Å²) < 4.78 is 28.0. The molecule has 1 aliphatic carbocycles. The zero-order chi connectivity index (χ0) is 19.0. The van der Waals surface area contributed by atoms with E-state index >= 15 is 0 Å². The average Bonchev–Trinajstić information content (AvgIpc) is 2.94. The predicted molar refractivity (Wildman–Crippen MR) is 105 cm³/mol. The summed E-state index contributed by atoms with van der Waals surface area (Å²) in [5, 5.41) is 0. The van der Waals surface area contributed by atoms with Crippen molar-refractivity contribution in [1.29, 1.82) is 0 Å². The van der Waals surface area contributed by atoms with Gasteiger partial charge in [-0.15, -0.1) is 0 Å². The SMILES string of the molecule is C[C@@H]1Cc2cc(S(=O)(=O)NCc3ccccc3)ccc2N1C(=O)C1CCC1. The van der Waals surface area contributed by atoms with Gasteiger partial charge >= 0.3 is 0 Å². The van der Waals surface area contributed by atoms with Gasteiger partial charge in [0.15, 0.2) is 0 Å². The molecule has 2 aliphatic rings. The van der Waals surface area contributed by atoms with Crippen molar-refractivity contribution in [1.82, 2.24) is 4.72 Å². The minimum Gasteiger partial charge on any atom is -0.309 e. The van der Waals surface area contributed by atoms with Crippen LogP contribution in [0, 0.1) is 5.92 Å². The molecule has 6 heteroatoms. The van der Waals surface area contributed by atoms with E-state index in [2.05, 4.69) is 4.72 Å². The van der Waals surface area contributed by atoms with Gasteiger partial charge < -0.3 is 4.90 Å². The minimum absolute atomic E-state index is 0.0725. The van der Waals surface area contributed by atoms with Crippen LogP contribution in [0.5, 0.6) is 0 Å². The maximum absolute atomic E-state index is 12.7. The van der Waals surface area contributed by atoms with Gasteiger partial charge in [-0.1, -0.05) is 36.8 Å². The first-order valence-corrected chi connectivity index (χ1v) is 10.9. The van der Waals surface area contributed by atoms with Crippen molar-refractivity contribution in [3.63, 3.8) is 0 Å². The predicted octanol–water partition coefficient (Wildman–Crippen LogP) is 3.24. The fraction of sp³-hybridized carbons (Fsp3) is 0.381. The Balaban J connectivity index is 1.54. The Morgan fingerprint density at radius 2 is 1.89 bits per heavy atom. The summed E-state index contributed by atoms with van der Waals surface area (Å²) in [6.45, 7) is 2.28. The van der Waals surface area contributed by atoms with Crippen LogP contribution in [0.25, 0.3) is 0 Å². The molecule has 1 N–H and O–H groups in total. The molecule has 1 saturated carbocycles. The number of nitrogens with one attached hydrogen (secondary N) is 1. The third-order valence-corrected chi connectivity index (χ3v) is 6.98. The Kier molecular flexibility index (Phi) is 4.78. The summed E-state index contributed by atoms with van der Waals surface area (Å²) in [5.41, 5.74) is 2.70. The quantitative estimate of drug-likeness (QED) is 0.861. The van der Waals surface area contributed by atoms with E-state index in [1.54, 1.807) is 18.2 Å². The maximum atomic E-state index is 12.7. The minimum atomic E-state index is -3.60. The molecule has 0 aromatic heterocycles. The Hall–Kier alpha value is -2.18. The van der Waals surface area contributed by atoms with Gasteiger partial charge in [-0.05, 0) is 55.5 Å². The van der Waals surface area contributed by atoms with Gasteiger partial charge in [0.25, 0.3) is 0 Å². The number of benzene rings is 2. The Morgan fingerprint density at radius 3 is 2.56 bits per heavy atom. The third kappa shape index (κ3) is 3.51. The first kappa shape index (κ1) is 18.2. The fourth-order valence-corrected chi connectivity index (χ4v) is 4.89. The highest BCUT2D eigenvalue weighted by molar-refractivity contribution is 7.89. The lowest BCUT2D eigenvalue weighted by Gasteiger charge is -2.32. The molecule has 142 valence electrons. The van der Waals surface area contributed by atoms with Gasteiger partial charge in [0.05, 0.1) is 4.90 Å². The van der Waals surface area contributed by atoms with Gasteiger partial charge in [-0.25, -0.2) is 13.1 Å². The highest BCUT2D eigenvalue weighted by Crippen LogP contribution is 2.38. The van der Waals surface area contributed by atoms with E-state index in [1.807, 2.05) is 42.2 Å². The molecule has 1 aliphatic heterocycles. The summed E-state index contributed by atoms with van der Waals surface area (Å²) in [4.78, 5) is 14.9. The molecule has 5 nitrogen and oxygen atoms in total. The van der Waals surface area contributed by atoms with Crippen LogP contribution < -0.4 is 9.62 Å². The number of nitrogens with zero attached hydrogens (tertiary/aromatic N) is 1. The number of sulfonamides is 1. The van der Waals surface area contributed by atoms with Crippen LogP contribution in [-0.2, 0) is 27.8 Å². The van der Waals surface area contributed by atoms with Crippen molar-refractivity contribution in [3.05, 3.63) is 59.7 Å². The molecule has 2 aromatic rings. The molecule has 27 heavy (non-hydrogen) atoms. The van der Waals surface area contributed by atoms with Crippen LogP contribution in [0.3, 0.4) is 0 Å². The normalized spacial score (nSPS) is 19.6. The summed E-state index contributed by atoms with van der Waals surface area (Å²) in [6.07, 6.45) is 3.74. The van der Waals surface area contributed by atoms with Crippen molar-refractivity contribution in [2.24, 2.45) is 5.92 Å². The standard InChI is InChI=1S/C21H24N2O3S/c1-15-12-18-13-19(27(25,26)22-14-16-6-3-2-4-7-16)10-11-20(18)23(15)21(24)17-8-5-9-17/h2-4,6-7,10-11,13,15,17,22H,5,8-9,12,14H2,1H3/t15-/m1/s1. The zero-order valence-electron chi connectivity index (χ0n) is 15.4. The van der Waals surface area contributed by atoms with Crippen LogP contribution in [0.2, 0.25) is 0 Å². The lowest BCUT2D eigenvalue weighted by Crippen LogP contribution is -2.42. The average molecular weight is 385 g/mol. The monoisotopic (exact) mass is 384 g/mol. The van der Waals surface area contributed by atoms with Gasteiger partial charge in [-0.3, -0.25) is 4.79 Å². The molecule has 0 spiro atoms. The van der Waals surface area contributed by atoms with Crippen molar-refractivity contribution in [2.45, 2.75) is 50.1 Å². The molecule has 1 heterocycles. The number of carbonyl (C=O) groups is 1. The highest BCUT2D eigenvalue weighted by atomic mass is 32.2. The summed E-state index contributed by atoms with van der Waals surface area (Å²) in [7, 11) is -3.60. The van der Waals surface area contributed by atoms with Gasteiger partial charge in [0.2, 0.25) is 15.9 Å². The topological polar surface area (TPSA) is 66.5 Å². The first-order valence-electron chi connectivity index (χ1n) is 9.45. The van der Waals surface area contributed by atoms with E-state index in [0.29, 0.717) is 6.42 Å². The molecule has 0 saturated heterocycles. The van der Waals surface area contributed by atoms with Crippen LogP contribution in [-0.4, -0.2) is 20.4 Å². The van der Waals surface area contributed by atoms with Gasteiger partial charge in [-0.2, -0.15) is 0 Å². The molecule has 1 amide bonds. The Labute approximate surface area is 160 Å². The van der Waals surface area contributed by atoms with E-state index < -0.39 is 10.0 Å². The first-order chi connectivity index (χ1) is 13.0. The van der Waals surface area contributed by atoms with Crippen LogP contribution in [0.1, 0.15) is 37.3 Å². The molecule has 0 bridgehead atoms. The number of hydrogen-bond acceptors (Lipinski definition) is 3.